The van der Waals surface area contributed by atoms with Crippen LogP contribution in [0.1, 0.15) is 37.1 Å². The first kappa shape index (κ1) is 23.7. The molecule has 0 spiro atoms. The topological polar surface area (TPSA) is 44.6 Å². The van der Waals surface area contributed by atoms with Gasteiger partial charge in [0.2, 0.25) is 0 Å². The van der Waals surface area contributed by atoms with Crippen LogP contribution < -0.4 is 0 Å². The van der Waals surface area contributed by atoms with Gasteiger partial charge in [-0.25, -0.2) is 13.8 Å². The minimum Gasteiger partial charge on any atom is -0.301 e. The van der Waals surface area contributed by atoms with Crippen LogP contribution in [0, 0.1) is 11.6 Å². The Balaban J connectivity index is 1.26. The lowest BCUT2D eigenvalue weighted by Crippen LogP contribution is -2.48. The first-order chi connectivity index (χ1) is 17.0. The van der Waals surface area contributed by atoms with Crippen molar-refractivity contribution in [1.29, 1.82) is 0 Å². The van der Waals surface area contributed by atoms with Gasteiger partial charge in [-0.2, -0.15) is 0 Å². The zero-order chi connectivity index (χ0) is 24.4. The van der Waals surface area contributed by atoms with Crippen molar-refractivity contribution in [1.82, 2.24) is 19.8 Å². The van der Waals surface area contributed by atoms with Crippen molar-refractivity contribution in [3.05, 3.63) is 77.1 Å². The van der Waals surface area contributed by atoms with Crippen molar-refractivity contribution in [2.24, 2.45) is 4.99 Å². The van der Waals surface area contributed by atoms with Gasteiger partial charge in [-0.1, -0.05) is 6.08 Å². The molecule has 182 valence electrons. The predicted octanol–water partition coefficient (Wildman–Crippen LogP) is 4.75. The number of allylic oxidation sites excluding steroid dienone is 1. The molecular weight excluding hydrogens is 444 g/mol. The van der Waals surface area contributed by atoms with Gasteiger partial charge < -0.3 is 4.90 Å². The highest BCUT2D eigenvalue weighted by Gasteiger charge is 2.20. The quantitative estimate of drug-likeness (QED) is 0.495. The number of piperazine rings is 1. The summed E-state index contributed by atoms with van der Waals surface area (Å²) in [6.45, 7) is 10.7. The molecule has 1 fully saturated rings. The number of aliphatic imine (C=N–C) groups is 1. The Morgan fingerprint density at radius 3 is 2.54 bits per heavy atom. The molecule has 5 nitrogen and oxygen atoms in total. The van der Waals surface area contributed by atoms with E-state index in [1.165, 1.54) is 11.6 Å². The summed E-state index contributed by atoms with van der Waals surface area (Å²) in [6.07, 6.45) is 5.97. The van der Waals surface area contributed by atoms with E-state index in [0.717, 1.165) is 73.9 Å². The zero-order valence-corrected chi connectivity index (χ0v) is 20.3. The summed E-state index contributed by atoms with van der Waals surface area (Å²) < 4.78 is 27.2. The van der Waals surface area contributed by atoms with Gasteiger partial charge in [-0.15, -0.1) is 0 Å². The number of halogens is 2. The first-order valence-corrected chi connectivity index (χ1v) is 12.4. The molecule has 0 N–H and O–H groups in total. The lowest BCUT2D eigenvalue weighted by molar-refractivity contribution is 0.108. The molecule has 0 amide bonds. The number of aryl methyl sites for hydroxylation is 1. The first-order valence-electron chi connectivity index (χ1n) is 12.4. The van der Waals surface area contributed by atoms with Gasteiger partial charge in [0.25, 0.3) is 0 Å². The number of benzene rings is 1. The maximum Gasteiger partial charge on any atom is 0.159 e. The van der Waals surface area contributed by atoms with E-state index in [1.807, 2.05) is 24.4 Å². The molecule has 2 aliphatic rings. The third-order valence-corrected chi connectivity index (χ3v) is 6.94. The molecular formula is C28H31F2N5. The highest BCUT2D eigenvalue weighted by atomic mass is 19.2. The third-order valence-electron chi connectivity index (χ3n) is 6.94. The Morgan fingerprint density at radius 2 is 1.77 bits per heavy atom. The number of nitrogens with zero attached hydrogens (tertiary/aromatic N) is 5. The van der Waals surface area contributed by atoms with Gasteiger partial charge in [-0.3, -0.25) is 14.9 Å². The second-order valence-corrected chi connectivity index (χ2v) is 9.59. The van der Waals surface area contributed by atoms with Crippen LogP contribution in [-0.4, -0.2) is 70.8 Å². The van der Waals surface area contributed by atoms with Crippen LogP contribution in [0.4, 0.5) is 8.78 Å². The van der Waals surface area contributed by atoms with Crippen molar-refractivity contribution in [3.8, 4) is 0 Å². The lowest BCUT2D eigenvalue weighted by atomic mass is 10.00. The van der Waals surface area contributed by atoms with Gasteiger partial charge in [0, 0.05) is 49.6 Å². The Labute approximate surface area is 205 Å². The molecule has 5 rings (SSSR count). The van der Waals surface area contributed by atoms with E-state index in [-0.39, 0.29) is 0 Å². The lowest BCUT2D eigenvalue weighted by Gasteiger charge is -2.36. The highest BCUT2D eigenvalue weighted by molar-refractivity contribution is 6.32. The molecule has 0 saturated carbocycles. The van der Waals surface area contributed by atoms with E-state index in [2.05, 4.69) is 39.7 Å². The van der Waals surface area contributed by atoms with E-state index in [9.17, 15) is 8.78 Å². The number of hydrogen-bond donors (Lipinski definition) is 0. The van der Waals surface area contributed by atoms with Crippen LogP contribution in [-0.2, 0) is 6.42 Å². The van der Waals surface area contributed by atoms with E-state index < -0.39 is 11.6 Å². The fourth-order valence-corrected chi connectivity index (χ4v) is 4.87. The molecule has 2 aromatic heterocycles. The molecule has 1 saturated heterocycles. The standard InChI is InChI=1S/C28H31F2N5/c1-19(2)35-14-12-34(13-15-35)11-3-4-20-16-27-26(32-18-20)8-7-25(33-27)22-9-10-31-28(22)21-5-6-23(29)24(30)17-21/h5-9,16-19H,3-4,10-15H2,1-2H3. The van der Waals surface area contributed by atoms with Crippen LogP contribution in [0.3, 0.4) is 0 Å². The fourth-order valence-electron chi connectivity index (χ4n) is 4.87. The Hall–Kier alpha value is -3.03. The third kappa shape index (κ3) is 5.31. The van der Waals surface area contributed by atoms with Crippen molar-refractivity contribution in [2.75, 3.05) is 39.3 Å². The summed E-state index contributed by atoms with van der Waals surface area (Å²) in [6, 6.07) is 10.5. The van der Waals surface area contributed by atoms with Gasteiger partial charge in [-0.05, 0) is 75.2 Å². The van der Waals surface area contributed by atoms with Gasteiger partial charge in [0.15, 0.2) is 11.6 Å². The molecule has 1 aromatic carbocycles. The summed E-state index contributed by atoms with van der Waals surface area (Å²) in [4.78, 5) is 19.1. The maximum absolute atomic E-state index is 13.8. The minimum absolute atomic E-state index is 0.493. The molecule has 0 radical (unpaired) electrons. The molecule has 35 heavy (non-hydrogen) atoms. The smallest absolute Gasteiger partial charge is 0.159 e. The second kappa shape index (κ2) is 10.3. The minimum atomic E-state index is -0.876. The van der Waals surface area contributed by atoms with Gasteiger partial charge in [0.05, 0.1) is 29.0 Å². The summed E-state index contributed by atoms with van der Waals surface area (Å²) in [7, 11) is 0. The van der Waals surface area contributed by atoms with E-state index >= 15 is 0 Å². The van der Waals surface area contributed by atoms with Crippen molar-refractivity contribution >= 4 is 22.3 Å². The summed E-state index contributed by atoms with van der Waals surface area (Å²) in [5, 5.41) is 0. The Bertz CT molecular complexity index is 1280. The highest BCUT2D eigenvalue weighted by Crippen LogP contribution is 2.26. The fraction of sp³-hybridized carbons (Fsp3) is 0.393. The van der Waals surface area contributed by atoms with Crippen molar-refractivity contribution < 1.29 is 8.78 Å². The molecule has 2 aliphatic heterocycles. The number of rotatable bonds is 7. The number of fused-ring (bicyclic) bond motifs is 1. The van der Waals surface area contributed by atoms with Crippen molar-refractivity contribution in [3.63, 3.8) is 0 Å². The zero-order valence-electron chi connectivity index (χ0n) is 20.3. The molecule has 3 aromatic rings. The summed E-state index contributed by atoms with van der Waals surface area (Å²) in [5.74, 6) is -1.74. The number of pyridine rings is 2. The normalized spacial score (nSPS) is 17.3. The van der Waals surface area contributed by atoms with Crippen LogP contribution in [0.25, 0.3) is 16.6 Å². The van der Waals surface area contributed by atoms with Gasteiger partial charge >= 0.3 is 0 Å². The molecule has 7 heteroatoms. The molecule has 0 atom stereocenters. The van der Waals surface area contributed by atoms with E-state index in [4.69, 9.17) is 4.98 Å². The predicted molar refractivity (Wildman–Crippen MR) is 137 cm³/mol. The molecule has 0 aliphatic carbocycles. The van der Waals surface area contributed by atoms with Crippen LogP contribution in [0.2, 0.25) is 0 Å². The number of aromatic nitrogens is 2. The van der Waals surface area contributed by atoms with Crippen LogP contribution in [0.5, 0.6) is 0 Å². The van der Waals surface area contributed by atoms with Gasteiger partial charge in [0.1, 0.15) is 0 Å². The second-order valence-electron chi connectivity index (χ2n) is 9.59. The molecule has 0 bridgehead atoms. The maximum atomic E-state index is 13.8. The van der Waals surface area contributed by atoms with Crippen molar-refractivity contribution in [2.45, 2.75) is 32.7 Å². The summed E-state index contributed by atoms with van der Waals surface area (Å²) >= 11 is 0. The largest absolute Gasteiger partial charge is 0.301 e. The average molecular weight is 476 g/mol. The molecule has 0 unspecified atom stereocenters. The summed E-state index contributed by atoms with van der Waals surface area (Å²) in [5.41, 5.74) is 5.64. The molecule has 4 heterocycles. The number of hydrogen-bond acceptors (Lipinski definition) is 5. The van der Waals surface area contributed by atoms with Crippen LogP contribution >= 0.6 is 0 Å². The van der Waals surface area contributed by atoms with E-state index in [1.54, 1.807) is 6.07 Å². The SMILES string of the molecule is CC(C)N1CCN(CCCc2cnc3ccc(C4=CCN=C4c4ccc(F)c(F)c4)nc3c2)CC1. The monoisotopic (exact) mass is 475 g/mol. The Morgan fingerprint density at radius 1 is 0.943 bits per heavy atom. The van der Waals surface area contributed by atoms with Crippen LogP contribution in [0.15, 0.2) is 53.7 Å². The Kier molecular flexibility index (Phi) is 6.97. The van der Waals surface area contributed by atoms with E-state index in [0.29, 0.717) is 23.9 Å². The average Bonchev–Trinajstić information content (AvgIpc) is 3.36.